The fourth-order valence-electron chi connectivity index (χ4n) is 3.14. The number of aryl methyl sites for hydroxylation is 2. The van der Waals surface area contributed by atoms with Gasteiger partial charge in [0.15, 0.2) is 0 Å². The third kappa shape index (κ3) is 3.46. The molecule has 4 rings (SSSR count). The molecule has 0 spiro atoms. The minimum atomic E-state index is -0.537. The molecule has 1 fully saturated rings. The van der Waals surface area contributed by atoms with Crippen molar-refractivity contribution in [3.8, 4) is 11.3 Å². The number of carbonyl (C=O) groups is 2. The first-order valence-electron chi connectivity index (χ1n) is 9.12. The highest BCUT2D eigenvalue weighted by Gasteiger charge is 2.34. The average molecular weight is 403 g/mol. The Labute approximate surface area is 171 Å². The van der Waals surface area contributed by atoms with Crippen LogP contribution in [-0.4, -0.2) is 16.7 Å². The van der Waals surface area contributed by atoms with E-state index in [0.717, 1.165) is 11.1 Å². The molecule has 150 valence electrons. The number of anilines is 1. The van der Waals surface area contributed by atoms with Crippen LogP contribution in [0.15, 0.2) is 64.6 Å². The maximum atomic E-state index is 12.7. The highest BCUT2D eigenvalue weighted by Crippen LogP contribution is 2.30. The van der Waals surface area contributed by atoms with Gasteiger partial charge in [-0.1, -0.05) is 23.8 Å². The lowest BCUT2D eigenvalue weighted by Crippen LogP contribution is -2.35. The molecule has 2 amide bonds. The Morgan fingerprint density at radius 3 is 2.47 bits per heavy atom. The van der Waals surface area contributed by atoms with Gasteiger partial charge in [-0.15, -0.1) is 0 Å². The van der Waals surface area contributed by atoms with Gasteiger partial charge in [-0.05, 0) is 49.8 Å². The summed E-state index contributed by atoms with van der Waals surface area (Å²) in [7, 11) is 0. The number of hydrogen-bond donors (Lipinski definition) is 1. The number of furan rings is 1. The standard InChI is InChI=1S/C22H17N3O5/c1-13-3-6-15(7-4-13)24-22(27)19(21(26)23-24)12-17-9-10-20(30-17)18-11-16(25(28)29)8-5-14(18)2/h3-12H,1-2H3,(H,23,26)/b19-12+. The van der Waals surface area contributed by atoms with E-state index in [9.17, 15) is 19.7 Å². The van der Waals surface area contributed by atoms with Crippen molar-refractivity contribution in [1.29, 1.82) is 0 Å². The molecule has 1 N–H and O–H groups in total. The van der Waals surface area contributed by atoms with Gasteiger partial charge < -0.3 is 4.42 Å². The second kappa shape index (κ2) is 7.32. The molecular weight excluding hydrogens is 386 g/mol. The van der Waals surface area contributed by atoms with Crippen LogP contribution < -0.4 is 10.4 Å². The number of nitrogens with zero attached hydrogens (tertiary/aromatic N) is 2. The number of benzene rings is 2. The molecule has 0 unspecified atom stereocenters. The Balaban J connectivity index is 1.64. The Kier molecular flexibility index (Phi) is 4.67. The summed E-state index contributed by atoms with van der Waals surface area (Å²) >= 11 is 0. The predicted octanol–water partition coefficient (Wildman–Crippen LogP) is 3.93. The minimum absolute atomic E-state index is 0.0500. The van der Waals surface area contributed by atoms with E-state index < -0.39 is 16.7 Å². The number of hydrazine groups is 1. The fourth-order valence-corrected chi connectivity index (χ4v) is 3.14. The second-order valence-electron chi connectivity index (χ2n) is 6.93. The summed E-state index contributed by atoms with van der Waals surface area (Å²) in [6, 6.07) is 14.9. The molecule has 1 saturated heterocycles. The summed E-state index contributed by atoms with van der Waals surface area (Å²) in [5.41, 5.74) is 5.38. The monoisotopic (exact) mass is 403 g/mol. The van der Waals surface area contributed by atoms with Gasteiger partial charge in [-0.2, -0.15) is 0 Å². The Morgan fingerprint density at radius 1 is 1.03 bits per heavy atom. The van der Waals surface area contributed by atoms with Crippen LogP contribution in [0.2, 0.25) is 0 Å². The van der Waals surface area contributed by atoms with Crippen LogP contribution in [0.3, 0.4) is 0 Å². The lowest BCUT2D eigenvalue weighted by molar-refractivity contribution is -0.384. The van der Waals surface area contributed by atoms with Crippen LogP contribution in [0.25, 0.3) is 17.4 Å². The lowest BCUT2D eigenvalue weighted by atomic mass is 10.1. The van der Waals surface area contributed by atoms with Crippen molar-refractivity contribution < 1.29 is 18.9 Å². The molecule has 3 aromatic rings. The highest BCUT2D eigenvalue weighted by atomic mass is 16.6. The van der Waals surface area contributed by atoms with Gasteiger partial charge in [0, 0.05) is 17.7 Å². The first kappa shape index (κ1) is 19.1. The number of nitro benzene ring substituents is 1. The molecule has 2 aromatic carbocycles. The van der Waals surface area contributed by atoms with Gasteiger partial charge in [0.1, 0.15) is 17.1 Å². The van der Waals surface area contributed by atoms with Crippen LogP contribution in [0.5, 0.6) is 0 Å². The number of amides is 2. The van der Waals surface area contributed by atoms with Gasteiger partial charge in [0.25, 0.3) is 17.5 Å². The topological polar surface area (TPSA) is 106 Å². The van der Waals surface area contributed by atoms with Gasteiger partial charge in [0.05, 0.1) is 10.6 Å². The normalized spacial score (nSPS) is 15.0. The van der Waals surface area contributed by atoms with E-state index >= 15 is 0 Å². The van der Waals surface area contributed by atoms with Gasteiger partial charge in [-0.25, -0.2) is 5.01 Å². The maximum Gasteiger partial charge on any atom is 0.282 e. The summed E-state index contributed by atoms with van der Waals surface area (Å²) in [6.07, 6.45) is 1.36. The van der Waals surface area contributed by atoms with E-state index in [1.54, 1.807) is 30.3 Å². The molecule has 30 heavy (non-hydrogen) atoms. The van der Waals surface area contributed by atoms with E-state index in [2.05, 4.69) is 5.43 Å². The van der Waals surface area contributed by atoms with Gasteiger partial charge in [0.2, 0.25) is 0 Å². The summed E-state index contributed by atoms with van der Waals surface area (Å²) in [6.45, 7) is 3.74. The molecule has 0 bridgehead atoms. The van der Waals surface area contributed by atoms with E-state index in [4.69, 9.17) is 4.42 Å². The molecule has 1 aromatic heterocycles. The largest absolute Gasteiger partial charge is 0.457 e. The molecule has 2 heterocycles. The van der Waals surface area contributed by atoms with Gasteiger partial charge in [-0.3, -0.25) is 25.1 Å². The Morgan fingerprint density at radius 2 is 1.77 bits per heavy atom. The predicted molar refractivity (Wildman–Crippen MR) is 110 cm³/mol. The Bertz CT molecular complexity index is 1210. The number of non-ortho nitro benzene ring substituents is 1. The zero-order valence-electron chi connectivity index (χ0n) is 16.2. The molecule has 0 aliphatic carbocycles. The van der Waals surface area contributed by atoms with Crippen molar-refractivity contribution in [3.05, 3.63) is 87.2 Å². The van der Waals surface area contributed by atoms with Crippen molar-refractivity contribution in [3.63, 3.8) is 0 Å². The smallest absolute Gasteiger partial charge is 0.282 e. The molecule has 1 aliphatic rings. The van der Waals surface area contributed by atoms with Crippen molar-refractivity contribution in [1.82, 2.24) is 5.43 Å². The van der Waals surface area contributed by atoms with Crippen molar-refractivity contribution in [2.45, 2.75) is 13.8 Å². The average Bonchev–Trinajstić information content (AvgIpc) is 3.29. The fraction of sp³-hybridized carbons (Fsp3) is 0.0909. The van der Waals surface area contributed by atoms with E-state index in [0.29, 0.717) is 22.8 Å². The molecule has 0 saturated carbocycles. The molecular formula is C22H17N3O5. The highest BCUT2D eigenvalue weighted by molar-refractivity contribution is 6.31. The third-order valence-corrected chi connectivity index (χ3v) is 4.79. The molecule has 8 heteroatoms. The second-order valence-corrected chi connectivity index (χ2v) is 6.93. The summed E-state index contributed by atoms with van der Waals surface area (Å²) in [5.74, 6) is -0.331. The quantitative estimate of drug-likeness (QED) is 0.307. The third-order valence-electron chi connectivity index (χ3n) is 4.79. The van der Waals surface area contributed by atoms with E-state index in [1.165, 1.54) is 23.2 Å². The summed E-state index contributed by atoms with van der Waals surface area (Å²) in [5, 5.41) is 12.2. The van der Waals surface area contributed by atoms with Crippen molar-refractivity contribution in [2.24, 2.45) is 0 Å². The van der Waals surface area contributed by atoms with E-state index in [1.807, 2.05) is 26.0 Å². The van der Waals surface area contributed by atoms with Crippen LogP contribution in [0.4, 0.5) is 11.4 Å². The van der Waals surface area contributed by atoms with Crippen LogP contribution in [-0.2, 0) is 9.59 Å². The molecule has 0 radical (unpaired) electrons. The minimum Gasteiger partial charge on any atom is -0.457 e. The number of rotatable bonds is 4. The summed E-state index contributed by atoms with van der Waals surface area (Å²) < 4.78 is 5.75. The first-order chi connectivity index (χ1) is 14.3. The van der Waals surface area contributed by atoms with E-state index in [-0.39, 0.29) is 11.3 Å². The van der Waals surface area contributed by atoms with Crippen molar-refractivity contribution >= 4 is 29.3 Å². The number of nitrogens with one attached hydrogen (secondary N) is 1. The van der Waals surface area contributed by atoms with Crippen LogP contribution >= 0.6 is 0 Å². The molecule has 8 nitrogen and oxygen atoms in total. The van der Waals surface area contributed by atoms with Crippen LogP contribution in [0, 0.1) is 24.0 Å². The number of nitro groups is 1. The number of carbonyl (C=O) groups excluding carboxylic acids is 2. The van der Waals surface area contributed by atoms with Gasteiger partial charge >= 0.3 is 0 Å². The zero-order chi connectivity index (χ0) is 21.4. The van der Waals surface area contributed by atoms with Crippen LogP contribution in [0.1, 0.15) is 16.9 Å². The summed E-state index contributed by atoms with van der Waals surface area (Å²) in [4.78, 5) is 35.6. The first-order valence-corrected chi connectivity index (χ1v) is 9.12. The zero-order valence-corrected chi connectivity index (χ0v) is 16.2. The Hall–Kier alpha value is -4.20. The number of hydrogen-bond acceptors (Lipinski definition) is 5. The SMILES string of the molecule is Cc1ccc(N2NC(=O)/C(=C\c3ccc(-c4cc([N+](=O)[O-])ccc4C)o3)C2=O)cc1. The maximum absolute atomic E-state index is 12.7. The lowest BCUT2D eigenvalue weighted by Gasteiger charge is -2.14. The molecule has 1 aliphatic heterocycles. The molecule has 0 atom stereocenters. The van der Waals surface area contributed by atoms with Crippen molar-refractivity contribution in [2.75, 3.05) is 5.01 Å².